The molecule has 2 nitrogen and oxygen atoms in total. The molecule has 0 unspecified atom stereocenters. The lowest BCUT2D eigenvalue weighted by molar-refractivity contribution is 0.0986. The summed E-state index contributed by atoms with van der Waals surface area (Å²) < 4.78 is 5.40. The van der Waals surface area contributed by atoms with Gasteiger partial charge in [0.1, 0.15) is 5.75 Å². The number of carbonyl (C=O) groups excluding carboxylic acids is 1. The predicted octanol–water partition coefficient (Wildman–Crippen LogP) is 5.11. The van der Waals surface area contributed by atoms with Gasteiger partial charge in [-0.1, -0.05) is 55.5 Å². The number of rotatable bonds is 4. The van der Waals surface area contributed by atoms with E-state index < -0.39 is 0 Å². The molecule has 0 aliphatic carbocycles. The molecule has 0 N–H and O–H groups in total. The first-order valence-electron chi connectivity index (χ1n) is 7.44. The van der Waals surface area contributed by atoms with Crippen molar-refractivity contribution in [2.45, 2.75) is 13.3 Å². The van der Waals surface area contributed by atoms with E-state index in [4.69, 9.17) is 4.74 Å². The molecule has 0 aliphatic heterocycles. The molecular formula is C20H18O2. The fourth-order valence-electron chi connectivity index (χ4n) is 2.76. The smallest absolute Gasteiger partial charge is 0.166 e. The lowest BCUT2D eigenvalue weighted by Crippen LogP contribution is -2.03. The predicted molar refractivity (Wildman–Crippen MR) is 90.6 cm³/mol. The van der Waals surface area contributed by atoms with Gasteiger partial charge in [0.25, 0.3) is 0 Å². The summed E-state index contributed by atoms with van der Waals surface area (Å²) in [6.45, 7) is 1.87. The molecule has 0 aromatic heterocycles. The second kappa shape index (κ2) is 6.02. The van der Waals surface area contributed by atoms with E-state index in [9.17, 15) is 4.79 Å². The van der Waals surface area contributed by atoms with Crippen LogP contribution in [0.3, 0.4) is 0 Å². The fraction of sp³-hybridized carbons (Fsp3) is 0.150. The lowest BCUT2D eigenvalue weighted by atomic mass is 9.93. The average Bonchev–Trinajstić information content (AvgIpc) is 2.59. The van der Waals surface area contributed by atoms with E-state index in [0.29, 0.717) is 17.7 Å². The summed E-state index contributed by atoms with van der Waals surface area (Å²) in [5, 5.41) is 2.36. The highest BCUT2D eigenvalue weighted by Crippen LogP contribution is 2.33. The van der Waals surface area contributed by atoms with Crippen molar-refractivity contribution in [1.29, 1.82) is 0 Å². The molecule has 2 heteroatoms. The zero-order valence-corrected chi connectivity index (χ0v) is 12.8. The third-order valence-electron chi connectivity index (χ3n) is 3.91. The van der Waals surface area contributed by atoms with Gasteiger partial charge >= 0.3 is 0 Å². The summed E-state index contributed by atoms with van der Waals surface area (Å²) in [6.07, 6.45) is 0.459. The van der Waals surface area contributed by atoms with Crippen LogP contribution in [0.15, 0.2) is 60.7 Å². The molecule has 0 atom stereocenters. The van der Waals surface area contributed by atoms with Gasteiger partial charge in [0.05, 0.1) is 12.7 Å². The number of methoxy groups -OCH3 is 1. The van der Waals surface area contributed by atoms with Crippen LogP contribution < -0.4 is 4.74 Å². The maximum Gasteiger partial charge on any atom is 0.166 e. The maximum absolute atomic E-state index is 12.4. The number of Topliss-reactive ketones (excluding diaryl/α,β-unsaturated/α-hetero) is 1. The van der Waals surface area contributed by atoms with Gasteiger partial charge in [0.2, 0.25) is 0 Å². The van der Waals surface area contributed by atoms with Crippen LogP contribution in [0, 0.1) is 0 Å². The van der Waals surface area contributed by atoms with E-state index >= 15 is 0 Å². The Bertz CT molecular complexity index is 834. The van der Waals surface area contributed by atoms with Gasteiger partial charge in [-0.25, -0.2) is 0 Å². The molecule has 22 heavy (non-hydrogen) atoms. The normalized spacial score (nSPS) is 10.6. The Balaban J connectivity index is 2.23. The van der Waals surface area contributed by atoms with Crippen molar-refractivity contribution < 1.29 is 9.53 Å². The van der Waals surface area contributed by atoms with Crippen molar-refractivity contribution in [3.8, 4) is 16.9 Å². The summed E-state index contributed by atoms with van der Waals surface area (Å²) >= 11 is 0. The standard InChI is InChI=1S/C20H18O2/c1-3-18(21)20-17(9-6-10-19(20)22-2)16-12-11-14-7-4-5-8-15(14)13-16/h4-13H,3H2,1-2H3. The summed E-state index contributed by atoms with van der Waals surface area (Å²) in [7, 11) is 1.60. The van der Waals surface area contributed by atoms with Gasteiger partial charge in [-0.3, -0.25) is 4.79 Å². The van der Waals surface area contributed by atoms with Crippen molar-refractivity contribution in [3.05, 3.63) is 66.2 Å². The Morgan fingerprint density at radius 1 is 0.955 bits per heavy atom. The summed E-state index contributed by atoms with van der Waals surface area (Å²) in [6, 6.07) is 20.2. The summed E-state index contributed by atoms with van der Waals surface area (Å²) in [5.41, 5.74) is 2.63. The zero-order chi connectivity index (χ0) is 15.5. The molecule has 0 saturated heterocycles. The number of benzene rings is 3. The Hall–Kier alpha value is -2.61. The molecular weight excluding hydrogens is 272 g/mol. The molecule has 3 rings (SSSR count). The van der Waals surface area contributed by atoms with Gasteiger partial charge in [0, 0.05) is 6.42 Å². The summed E-state index contributed by atoms with van der Waals surface area (Å²) in [4.78, 5) is 12.4. The highest BCUT2D eigenvalue weighted by molar-refractivity contribution is 6.05. The number of ketones is 1. The van der Waals surface area contributed by atoms with Crippen LogP contribution in [-0.4, -0.2) is 12.9 Å². The molecule has 0 heterocycles. The maximum atomic E-state index is 12.4. The first kappa shape index (κ1) is 14.3. The molecule has 0 saturated carbocycles. The van der Waals surface area contributed by atoms with E-state index in [-0.39, 0.29) is 5.78 Å². The Labute approximate surface area is 130 Å². The minimum absolute atomic E-state index is 0.0978. The molecule has 0 amide bonds. The summed E-state index contributed by atoms with van der Waals surface area (Å²) in [5.74, 6) is 0.734. The molecule has 0 bridgehead atoms. The van der Waals surface area contributed by atoms with E-state index in [0.717, 1.165) is 16.5 Å². The second-order valence-corrected chi connectivity index (χ2v) is 5.22. The molecule has 3 aromatic rings. The topological polar surface area (TPSA) is 26.3 Å². The molecule has 0 spiro atoms. The SMILES string of the molecule is CCC(=O)c1c(OC)cccc1-c1ccc2ccccc2c1. The molecule has 0 fully saturated rings. The van der Waals surface area contributed by atoms with Crippen molar-refractivity contribution in [2.24, 2.45) is 0 Å². The van der Waals surface area contributed by atoms with Crippen molar-refractivity contribution in [1.82, 2.24) is 0 Å². The zero-order valence-electron chi connectivity index (χ0n) is 12.8. The number of hydrogen-bond donors (Lipinski definition) is 0. The van der Waals surface area contributed by atoms with Crippen LogP contribution in [0.5, 0.6) is 5.75 Å². The first-order valence-corrected chi connectivity index (χ1v) is 7.44. The first-order chi connectivity index (χ1) is 10.7. The molecule has 0 aliphatic rings. The van der Waals surface area contributed by atoms with Gasteiger partial charge in [-0.2, -0.15) is 0 Å². The van der Waals surface area contributed by atoms with Crippen LogP contribution in [0.4, 0.5) is 0 Å². The van der Waals surface area contributed by atoms with Crippen LogP contribution in [0.1, 0.15) is 23.7 Å². The van der Waals surface area contributed by atoms with Gasteiger partial charge < -0.3 is 4.74 Å². The second-order valence-electron chi connectivity index (χ2n) is 5.22. The van der Waals surface area contributed by atoms with E-state index in [1.165, 1.54) is 5.39 Å². The van der Waals surface area contributed by atoms with E-state index in [1.807, 2.05) is 37.3 Å². The highest BCUT2D eigenvalue weighted by atomic mass is 16.5. The average molecular weight is 290 g/mol. The third-order valence-corrected chi connectivity index (χ3v) is 3.91. The lowest BCUT2D eigenvalue weighted by Gasteiger charge is -2.13. The van der Waals surface area contributed by atoms with Crippen molar-refractivity contribution in [3.63, 3.8) is 0 Å². The Kier molecular flexibility index (Phi) is 3.92. The van der Waals surface area contributed by atoms with Crippen LogP contribution in [-0.2, 0) is 0 Å². The highest BCUT2D eigenvalue weighted by Gasteiger charge is 2.16. The number of carbonyl (C=O) groups is 1. The molecule has 0 radical (unpaired) electrons. The minimum Gasteiger partial charge on any atom is -0.496 e. The number of hydrogen-bond acceptors (Lipinski definition) is 2. The van der Waals surface area contributed by atoms with E-state index in [1.54, 1.807) is 7.11 Å². The largest absolute Gasteiger partial charge is 0.496 e. The number of ether oxygens (including phenoxy) is 1. The van der Waals surface area contributed by atoms with Crippen LogP contribution in [0.2, 0.25) is 0 Å². The fourth-order valence-corrected chi connectivity index (χ4v) is 2.76. The Morgan fingerprint density at radius 2 is 1.73 bits per heavy atom. The van der Waals surface area contributed by atoms with Crippen molar-refractivity contribution in [2.75, 3.05) is 7.11 Å². The van der Waals surface area contributed by atoms with Crippen molar-refractivity contribution >= 4 is 16.6 Å². The van der Waals surface area contributed by atoms with Gasteiger partial charge in [-0.15, -0.1) is 0 Å². The number of fused-ring (bicyclic) bond motifs is 1. The van der Waals surface area contributed by atoms with E-state index in [2.05, 4.69) is 30.3 Å². The van der Waals surface area contributed by atoms with Gasteiger partial charge in [0.15, 0.2) is 5.78 Å². The van der Waals surface area contributed by atoms with Crippen LogP contribution >= 0.6 is 0 Å². The monoisotopic (exact) mass is 290 g/mol. The quantitative estimate of drug-likeness (QED) is 0.624. The Morgan fingerprint density at radius 3 is 2.45 bits per heavy atom. The van der Waals surface area contributed by atoms with Gasteiger partial charge in [-0.05, 0) is 34.0 Å². The molecule has 3 aromatic carbocycles. The van der Waals surface area contributed by atoms with Crippen LogP contribution in [0.25, 0.3) is 21.9 Å². The molecule has 110 valence electrons. The minimum atomic E-state index is 0.0978. The third kappa shape index (κ3) is 2.48.